The van der Waals surface area contributed by atoms with E-state index in [0.717, 1.165) is 5.69 Å². The highest BCUT2D eigenvalue weighted by Crippen LogP contribution is 2.17. The second-order valence-corrected chi connectivity index (χ2v) is 2.67. The van der Waals surface area contributed by atoms with E-state index in [-0.39, 0.29) is 0 Å². The quantitative estimate of drug-likeness (QED) is 0.423. The van der Waals surface area contributed by atoms with Crippen molar-refractivity contribution >= 4 is 11.8 Å². The third-order valence-electron chi connectivity index (χ3n) is 1.76. The maximum atomic E-state index is 5.66. The number of hydrazine groups is 1. The van der Waals surface area contributed by atoms with Crippen LogP contribution in [0.15, 0.2) is 12.4 Å². The molecule has 64 valence electrons. The van der Waals surface area contributed by atoms with Crippen molar-refractivity contribution in [1.29, 1.82) is 0 Å². The van der Waals surface area contributed by atoms with Gasteiger partial charge in [-0.15, -0.1) is 0 Å². The maximum absolute atomic E-state index is 5.66. The highest BCUT2D eigenvalue weighted by Gasteiger charge is 2.15. The number of imidazole rings is 1. The van der Waals surface area contributed by atoms with Crippen LogP contribution in [0.25, 0.3) is 5.82 Å². The average molecular weight is 166 g/mol. The van der Waals surface area contributed by atoms with E-state index in [1.165, 1.54) is 5.01 Å². The lowest BCUT2D eigenvalue weighted by molar-refractivity contribution is 0.368. The number of hydrogen-bond donors (Lipinski definition) is 3. The molecule has 0 saturated heterocycles. The summed E-state index contributed by atoms with van der Waals surface area (Å²) in [7, 11) is 0. The van der Waals surface area contributed by atoms with Crippen LogP contribution in [0.4, 0.5) is 5.95 Å². The first-order valence-corrected chi connectivity index (χ1v) is 3.49. The number of nitrogen functional groups attached to an aromatic ring is 1. The summed E-state index contributed by atoms with van der Waals surface area (Å²) >= 11 is 0. The molecule has 1 aromatic rings. The Kier molecular flexibility index (Phi) is 1.25. The molecule has 0 amide bonds. The Morgan fingerprint density at radius 2 is 2.17 bits per heavy atom. The Labute approximate surface area is 69.2 Å². The van der Waals surface area contributed by atoms with Crippen LogP contribution in [0.2, 0.25) is 0 Å². The van der Waals surface area contributed by atoms with Gasteiger partial charge < -0.3 is 16.5 Å². The molecular weight excluding hydrogens is 156 g/mol. The molecule has 0 radical (unpaired) electrons. The molecule has 2 rings (SSSR count). The van der Waals surface area contributed by atoms with Gasteiger partial charge in [0.2, 0.25) is 5.95 Å². The summed E-state index contributed by atoms with van der Waals surface area (Å²) < 4.78 is 1.67. The summed E-state index contributed by atoms with van der Waals surface area (Å²) in [5.74, 6) is 6.43. The molecule has 1 aliphatic heterocycles. The second kappa shape index (κ2) is 2.15. The Morgan fingerprint density at radius 3 is 2.92 bits per heavy atom. The highest BCUT2D eigenvalue weighted by molar-refractivity contribution is 5.50. The summed E-state index contributed by atoms with van der Waals surface area (Å²) in [4.78, 5) is 3.92. The van der Waals surface area contributed by atoms with Gasteiger partial charge >= 0.3 is 0 Å². The van der Waals surface area contributed by atoms with E-state index in [9.17, 15) is 0 Å². The van der Waals surface area contributed by atoms with E-state index >= 15 is 0 Å². The monoisotopic (exact) mass is 166 g/mol. The van der Waals surface area contributed by atoms with Crippen LogP contribution in [0.3, 0.4) is 0 Å². The Morgan fingerprint density at radius 1 is 1.42 bits per heavy atom. The van der Waals surface area contributed by atoms with Crippen LogP contribution in [0, 0.1) is 0 Å². The summed E-state index contributed by atoms with van der Waals surface area (Å²) in [5, 5.41) is 1.49. The van der Waals surface area contributed by atoms with Gasteiger partial charge in [-0.3, -0.25) is 4.57 Å². The van der Waals surface area contributed by atoms with Gasteiger partial charge in [-0.2, -0.15) is 0 Å². The Hall–Kier alpha value is -1.69. The van der Waals surface area contributed by atoms with Crippen molar-refractivity contribution < 1.29 is 0 Å². The van der Waals surface area contributed by atoms with E-state index in [4.69, 9.17) is 17.3 Å². The zero-order valence-electron chi connectivity index (χ0n) is 6.44. The molecule has 0 fully saturated rings. The molecule has 6 nitrogen and oxygen atoms in total. The Balaban J connectivity index is 2.55. The summed E-state index contributed by atoms with van der Waals surface area (Å²) in [6.07, 6.45) is 3.28. The number of nitrogens with zero attached hydrogens (tertiary/aromatic N) is 3. The van der Waals surface area contributed by atoms with Gasteiger partial charge in [0, 0.05) is 0 Å². The third kappa shape index (κ3) is 0.817. The van der Waals surface area contributed by atoms with E-state index in [2.05, 4.69) is 4.98 Å². The standard InChI is InChI=1S/C6H10N6/c7-5-3-11(9)2-4-1-10-6(8)12(4)5/h1,3H,2,7,9H2,(H2,8,10). The molecule has 6 N–H and O–H groups in total. The lowest BCUT2D eigenvalue weighted by Gasteiger charge is -2.22. The molecule has 0 bridgehead atoms. The van der Waals surface area contributed by atoms with Gasteiger partial charge in [-0.25, -0.2) is 10.8 Å². The topological polar surface area (TPSA) is 99.1 Å². The molecule has 0 aliphatic carbocycles. The third-order valence-corrected chi connectivity index (χ3v) is 1.76. The van der Waals surface area contributed by atoms with Crippen molar-refractivity contribution in [2.75, 3.05) is 5.73 Å². The largest absolute Gasteiger partial charge is 0.383 e. The van der Waals surface area contributed by atoms with Crippen LogP contribution in [-0.2, 0) is 6.54 Å². The second-order valence-electron chi connectivity index (χ2n) is 2.67. The van der Waals surface area contributed by atoms with Crippen molar-refractivity contribution in [1.82, 2.24) is 14.6 Å². The average Bonchev–Trinajstić information content (AvgIpc) is 2.31. The molecule has 0 aromatic carbocycles. The lowest BCUT2D eigenvalue weighted by Crippen LogP contribution is -2.32. The smallest absolute Gasteiger partial charge is 0.206 e. The van der Waals surface area contributed by atoms with Crippen molar-refractivity contribution in [3.63, 3.8) is 0 Å². The van der Waals surface area contributed by atoms with Crippen LogP contribution >= 0.6 is 0 Å². The van der Waals surface area contributed by atoms with Crippen molar-refractivity contribution in [2.45, 2.75) is 6.54 Å². The minimum absolute atomic E-state index is 0.395. The number of rotatable bonds is 0. The van der Waals surface area contributed by atoms with Crippen molar-refractivity contribution in [2.24, 2.45) is 11.6 Å². The van der Waals surface area contributed by atoms with Crippen LogP contribution < -0.4 is 17.3 Å². The summed E-state index contributed by atoms with van der Waals surface area (Å²) in [6.45, 7) is 0.574. The minimum atomic E-state index is 0.395. The molecule has 0 saturated carbocycles. The van der Waals surface area contributed by atoms with Gasteiger partial charge in [0.15, 0.2) is 0 Å². The van der Waals surface area contributed by atoms with Crippen LogP contribution in [-0.4, -0.2) is 14.6 Å². The molecular formula is C6H10N6. The minimum Gasteiger partial charge on any atom is -0.383 e. The van der Waals surface area contributed by atoms with E-state index in [1.807, 2.05) is 0 Å². The highest BCUT2D eigenvalue weighted by atomic mass is 15.4. The van der Waals surface area contributed by atoms with E-state index in [0.29, 0.717) is 18.3 Å². The number of nitrogens with two attached hydrogens (primary N) is 3. The van der Waals surface area contributed by atoms with E-state index in [1.54, 1.807) is 17.0 Å². The number of anilines is 1. The fourth-order valence-electron chi connectivity index (χ4n) is 1.27. The fourth-order valence-corrected chi connectivity index (χ4v) is 1.27. The fraction of sp³-hybridized carbons (Fsp3) is 0.167. The molecule has 1 aromatic heterocycles. The number of aromatic nitrogens is 2. The van der Waals surface area contributed by atoms with Gasteiger partial charge in [0.1, 0.15) is 5.82 Å². The molecule has 0 atom stereocenters. The number of fused-ring (bicyclic) bond motifs is 1. The predicted molar refractivity (Wildman–Crippen MR) is 44.8 cm³/mol. The molecule has 12 heavy (non-hydrogen) atoms. The normalized spacial score (nSPS) is 15.8. The van der Waals surface area contributed by atoms with Gasteiger partial charge in [-0.1, -0.05) is 0 Å². The van der Waals surface area contributed by atoms with Gasteiger partial charge in [0.05, 0.1) is 24.6 Å². The van der Waals surface area contributed by atoms with Gasteiger partial charge in [0.25, 0.3) is 0 Å². The molecule has 0 spiro atoms. The van der Waals surface area contributed by atoms with Crippen LogP contribution in [0.1, 0.15) is 5.69 Å². The SMILES string of the molecule is NC1=CN(N)Cc2cnc(N)n21. The first-order valence-electron chi connectivity index (χ1n) is 3.49. The molecule has 1 aliphatic rings. The first-order chi connectivity index (χ1) is 5.68. The lowest BCUT2D eigenvalue weighted by atomic mass is 10.4. The van der Waals surface area contributed by atoms with E-state index < -0.39 is 0 Å². The van der Waals surface area contributed by atoms with Crippen molar-refractivity contribution in [3.05, 3.63) is 18.1 Å². The zero-order valence-corrected chi connectivity index (χ0v) is 6.44. The number of hydrogen-bond acceptors (Lipinski definition) is 5. The molecule has 6 heteroatoms. The van der Waals surface area contributed by atoms with Gasteiger partial charge in [-0.05, 0) is 0 Å². The molecule has 0 unspecified atom stereocenters. The summed E-state index contributed by atoms with van der Waals surface area (Å²) in [6, 6.07) is 0. The maximum Gasteiger partial charge on any atom is 0.206 e. The summed E-state index contributed by atoms with van der Waals surface area (Å²) in [5.41, 5.74) is 12.1. The first kappa shape index (κ1) is 6.99. The van der Waals surface area contributed by atoms with Crippen LogP contribution in [0.5, 0.6) is 0 Å². The molecule has 2 heterocycles. The zero-order chi connectivity index (χ0) is 8.72. The Bertz CT molecular complexity index is 338. The predicted octanol–water partition coefficient (Wildman–Crippen LogP) is -1.13. The van der Waals surface area contributed by atoms with Crippen molar-refractivity contribution in [3.8, 4) is 0 Å².